The van der Waals surface area contributed by atoms with Crippen LogP contribution >= 0.6 is 15.9 Å². The first-order valence-corrected chi connectivity index (χ1v) is 7.59. The van der Waals surface area contributed by atoms with Gasteiger partial charge in [0.1, 0.15) is 12.4 Å². The molecule has 0 aliphatic heterocycles. The van der Waals surface area contributed by atoms with Crippen molar-refractivity contribution in [1.29, 1.82) is 0 Å². The van der Waals surface area contributed by atoms with Crippen molar-refractivity contribution in [2.45, 2.75) is 40.3 Å². The van der Waals surface area contributed by atoms with Gasteiger partial charge >= 0.3 is 0 Å². The number of nitrogens with two attached hydrogens (primary N) is 1. The third-order valence-corrected chi connectivity index (χ3v) is 4.19. The Morgan fingerprint density at radius 2 is 2.10 bits per heavy atom. The molecule has 0 saturated heterocycles. The number of halogens is 1. The number of nitrogen functional groups attached to an aromatic ring is 1. The zero-order chi connectivity index (χ0) is 14.7. The number of ether oxygens (including phenoxy) is 1. The smallest absolute Gasteiger partial charge is 0.131 e. The van der Waals surface area contributed by atoms with Gasteiger partial charge in [-0.15, -0.1) is 0 Å². The summed E-state index contributed by atoms with van der Waals surface area (Å²) in [6.45, 7) is 7.49. The standard InChI is InChI=1S/C15H20BrN3O/c1-4-12-15(16)13(19(5-2)18-12)9-20-14-8-11(17)7-6-10(14)3/h6-8H,4-5,9,17H2,1-3H3. The molecule has 5 heteroatoms. The molecule has 0 aliphatic carbocycles. The fourth-order valence-electron chi connectivity index (χ4n) is 2.07. The maximum absolute atomic E-state index is 5.91. The molecule has 4 nitrogen and oxygen atoms in total. The van der Waals surface area contributed by atoms with E-state index in [1.807, 2.05) is 29.8 Å². The second-order valence-corrected chi connectivity index (χ2v) is 5.48. The Labute approximate surface area is 128 Å². The van der Waals surface area contributed by atoms with E-state index < -0.39 is 0 Å². The quantitative estimate of drug-likeness (QED) is 0.846. The minimum Gasteiger partial charge on any atom is -0.487 e. The molecule has 0 radical (unpaired) electrons. The predicted octanol–water partition coefficient (Wildman–Crippen LogP) is 3.70. The molecule has 0 fully saturated rings. The van der Waals surface area contributed by atoms with Crippen LogP contribution < -0.4 is 10.5 Å². The van der Waals surface area contributed by atoms with E-state index in [0.717, 1.165) is 40.1 Å². The molecule has 0 amide bonds. The minimum absolute atomic E-state index is 0.478. The van der Waals surface area contributed by atoms with Crippen molar-refractivity contribution >= 4 is 21.6 Å². The fourth-order valence-corrected chi connectivity index (χ4v) is 2.75. The maximum Gasteiger partial charge on any atom is 0.131 e. The van der Waals surface area contributed by atoms with Gasteiger partial charge in [0.2, 0.25) is 0 Å². The highest BCUT2D eigenvalue weighted by molar-refractivity contribution is 9.10. The Kier molecular flexibility index (Phi) is 4.70. The molecule has 2 aromatic rings. The summed E-state index contributed by atoms with van der Waals surface area (Å²) in [5.74, 6) is 0.818. The average Bonchev–Trinajstić information content (AvgIpc) is 2.75. The average molecular weight is 338 g/mol. The van der Waals surface area contributed by atoms with Gasteiger partial charge in [-0.05, 0) is 47.8 Å². The second-order valence-electron chi connectivity index (χ2n) is 4.69. The maximum atomic E-state index is 5.91. The topological polar surface area (TPSA) is 53.1 Å². The highest BCUT2D eigenvalue weighted by atomic mass is 79.9. The number of hydrogen-bond acceptors (Lipinski definition) is 3. The van der Waals surface area contributed by atoms with Crippen molar-refractivity contribution in [1.82, 2.24) is 9.78 Å². The van der Waals surface area contributed by atoms with Crippen molar-refractivity contribution in [3.8, 4) is 5.75 Å². The van der Waals surface area contributed by atoms with Crippen LogP contribution in [-0.2, 0) is 19.6 Å². The van der Waals surface area contributed by atoms with Crippen LogP contribution in [0.5, 0.6) is 5.75 Å². The summed E-state index contributed by atoms with van der Waals surface area (Å²) >= 11 is 3.62. The van der Waals surface area contributed by atoms with Crippen LogP contribution in [0.1, 0.15) is 30.8 Å². The summed E-state index contributed by atoms with van der Waals surface area (Å²) < 4.78 is 8.94. The predicted molar refractivity (Wildman–Crippen MR) is 84.9 cm³/mol. The SMILES string of the molecule is CCc1nn(CC)c(COc2cc(N)ccc2C)c1Br. The minimum atomic E-state index is 0.478. The molecule has 0 spiro atoms. The van der Waals surface area contributed by atoms with Crippen LogP contribution in [0.2, 0.25) is 0 Å². The van der Waals surface area contributed by atoms with E-state index in [4.69, 9.17) is 10.5 Å². The summed E-state index contributed by atoms with van der Waals surface area (Å²) in [5, 5.41) is 4.56. The van der Waals surface area contributed by atoms with E-state index in [9.17, 15) is 0 Å². The van der Waals surface area contributed by atoms with Gasteiger partial charge in [0.15, 0.2) is 0 Å². The second kappa shape index (κ2) is 6.31. The first kappa shape index (κ1) is 14.9. The molecule has 0 aliphatic rings. The van der Waals surface area contributed by atoms with E-state index in [-0.39, 0.29) is 0 Å². The molecule has 1 aromatic carbocycles. The number of rotatable bonds is 5. The van der Waals surface area contributed by atoms with Gasteiger partial charge in [-0.3, -0.25) is 4.68 Å². The lowest BCUT2D eigenvalue weighted by Gasteiger charge is -2.11. The summed E-state index contributed by atoms with van der Waals surface area (Å²) in [6.07, 6.45) is 0.901. The number of hydrogen-bond donors (Lipinski definition) is 1. The molecule has 0 unspecified atom stereocenters. The van der Waals surface area contributed by atoms with Gasteiger partial charge in [-0.2, -0.15) is 5.10 Å². The van der Waals surface area contributed by atoms with Gasteiger partial charge < -0.3 is 10.5 Å². The molecule has 0 saturated carbocycles. The Hall–Kier alpha value is -1.49. The molecule has 2 N–H and O–H groups in total. The van der Waals surface area contributed by atoms with Crippen molar-refractivity contribution < 1.29 is 4.74 Å². The summed E-state index contributed by atoms with van der Waals surface area (Å²) in [5.41, 5.74) is 9.72. The van der Waals surface area contributed by atoms with Gasteiger partial charge in [-0.1, -0.05) is 13.0 Å². The Bertz CT molecular complexity index is 607. The molecule has 1 heterocycles. The number of aryl methyl sites for hydroxylation is 3. The Morgan fingerprint density at radius 1 is 1.35 bits per heavy atom. The highest BCUT2D eigenvalue weighted by Crippen LogP contribution is 2.26. The molecule has 1 aromatic heterocycles. The van der Waals surface area contributed by atoms with Crippen molar-refractivity contribution in [2.75, 3.05) is 5.73 Å². The van der Waals surface area contributed by atoms with Gasteiger partial charge in [0.05, 0.1) is 15.9 Å². The monoisotopic (exact) mass is 337 g/mol. The molecule has 0 bridgehead atoms. The first-order chi connectivity index (χ1) is 9.56. The fraction of sp³-hybridized carbons (Fsp3) is 0.400. The highest BCUT2D eigenvalue weighted by Gasteiger charge is 2.14. The van der Waals surface area contributed by atoms with Crippen molar-refractivity contribution in [2.24, 2.45) is 0 Å². The molecular weight excluding hydrogens is 318 g/mol. The number of benzene rings is 1. The zero-order valence-electron chi connectivity index (χ0n) is 12.1. The zero-order valence-corrected chi connectivity index (χ0v) is 13.7. The third kappa shape index (κ3) is 2.98. The van der Waals surface area contributed by atoms with E-state index >= 15 is 0 Å². The summed E-state index contributed by atoms with van der Waals surface area (Å²) in [4.78, 5) is 0. The van der Waals surface area contributed by atoms with E-state index in [2.05, 4.69) is 34.9 Å². The summed E-state index contributed by atoms with van der Waals surface area (Å²) in [7, 11) is 0. The Morgan fingerprint density at radius 3 is 2.75 bits per heavy atom. The van der Waals surface area contributed by atoms with Crippen LogP contribution in [0.4, 0.5) is 5.69 Å². The van der Waals surface area contributed by atoms with Crippen LogP contribution in [0.15, 0.2) is 22.7 Å². The summed E-state index contributed by atoms with van der Waals surface area (Å²) in [6, 6.07) is 5.70. The van der Waals surface area contributed by atoms with Crippen molar-refractivity contribution in [3.05, 3.63) is 39.6 Å². The number of aromatic nitrogens is 2. The van der Waals surface area contributed by atoms with Gasteiger partial charge in [0.25, 0.3) is 0 Å². The van der Waals surface area contributed by atoms with Crippen LogP contribution in [0.3, 0.4) is 0 Å². The van der Waals surface area contributed by atoms with Gasteiger partial charge in [-0.25, -0.2) is 0 Å². The van der Waals surface area contributed by atoms with Gasteiger partial charge in [0, 0.05) is 18.3 Å². The van der Waals surface area contributed by atoms with E-state index in [1.165, 1.54) is 0 Å². The van der Waals surface area contributed by atoms with E-state index in [1.54, 1.807) is 0 Å². The largest absolute Gasteiger partial charge is 0.487 e. The van der Waals surface area contributed by atoms with Crippen LogP contribution in [-0.4, -0.2) is 9.78 Å². The van der Waals surface area contributed by atoms with Crippen LogP contribution in [0, 0.1) is 6.92 Å². The molecule has 20 heavy (non-hydrogen) atoms. The normalized spacial score (nSPS) is 10.8. The Balaban J connectivity index is 2.22. The number of anilines is 1. The molecule has 2 rings (SSSR count). The van der Waals surface area contributed by atoms with E-state index in [0.29, 0.717) is 12.3 Å². The molecule has 108 valence electrons. The first-order valence-electron chi connectivity index (χ1n) is 6.79. The van der Waals surface area contributed by atoms with Crippen LogP contribution in [0.25, 0.3) is 0 Å². The number of nitrogens with zero attached hydrogens (tertiary/aromatic N) is 2. The lowest BCUT2D eigenvalue weighted by molar-refractivity contribution is 0.290. The lowest BCUT2D eigenvalue weighted by atomic mass is 10.2. The molecule has 0 atom stereocenters. The third-order valence-electron chi connectivity index (χ3n) is 3.27. The lowest BCUT2D eigenvalue weighted by Crippen LogP contribution is -2.07. The molecular formula is C15H20BrN3O. The van der Waals surface area contributed by atoms with Crippen molar-refractivity contribution in [3.63, 3.8) is 0 Å².